The average Bonchev–Trinajstić information content (AvgIpc) is 2.80. The summed E-state index contributed by atoms with van der Waals surface area (Å²) < 4.78 is 0. The first-order valence-electron chi connectivity index (χ1n) is 11.9. The molecular formula is C25H41NO9. The van der Waals surface area contributed by atoms with Gasteiger partial charge in [-0.25, -0.2) is 4.79 Å². The fraction of sp³-hybridized carbons (Fsp3) is 0.640. The number of carbonyl (C=O) groups is 3. The molecule has 0 amide bonds. The molecular weight excluding hydrogens is 458 g/mol. The highest BCUT2D eigenvalue weighted by Crippen LogP contribution is 2.16. The van der Waals surface area contributed by atoms with Crippen molar-refractivity contribution in [1.29, 1.82) is 0 Å². The van der Waals surface area contributed by atoms with Gasteiger partial charge in [-0.1, -0.05) is 63.3 Å². The highest BCUT2D eigenvalue weighted by Gasteiger charge is 2.40. The molecule has 0 heterocycles. The summed E-state index contributed by atoms with van der Waals surface area (Å²) in [5.74, 6) is -5.02. The number of carboxylic acids is 3. The first kappa shape index (κ1) is 32.5. The van der Waals surface area contributed by atoms with Crippen LogP contribution >= 0.6 is 0 Å². The molecule has 200 valence electrons. The van der Waals surface area contributed by atoms with Crippen molar-refractivity contribution in [2.45, 2.75) is 88.7 Å². The normalized spacial score (nSPS) is 11.5. The predicted molar refractivity (Wildman–Crippen MR) is 130 cm³/mol. The number of hydrogen-bond donors (Lipinski definition) is 7. The van der Waals surface area contributed by atoms with Gasteiger partial charge in [0.15, 0.2) is 5.60 Å². The van der Waals surface area contributed by atoms with E-state index in [2.05, 4.69) is 31.2 Å². The number of unbranched alkanes of at least 4 members (excludes halogenated alkanes) is 5. The van der Waals surface area contributed by atoms with Gasteiger partial charge < -0.3 is 36.4 Å². The van der Waals surface area contributed by atoms with Crippen molar-refractivity contribution in [2.75, 3.05) is 13.2 Å². The van der Waals surface area contributed by atoms with Crippen LogP contribution in [0.1, 0.15) is 75.8 Å². The quantitative estimate of drug-likeness (QED) is 0.155. The molecule has 0 aliphatic rings. The zero-order valence-corrected chi connectivity index (χ0v) is 20.5. The zero-order valence-electron chi connectivity index (χ0n) is 20.5. The number of benzene rings is 1. The molecule has 0 saturated heterocycles. The molecule has 0 spiro atoms. The first-order chi connectivity index (χ1) is 16.4. The Bertz CT molecular complexity index is 745. The van der Waals surface area contributed by atoms with E-state index in [1.165, 1.54) is 49.7 Å². The van der Waals surface area contributed by atoms with E-state index in [-0.39, 0.29) is 13.2 Å². The van der Waals surface area contributed by atoms with Gasteiger partial charge in [0.25, 0.3) is 0 Å². The lowest BCUT2D eigenvalue weighted by Gasteiger charge is -2.24. The molecule has 1 rings (SSSR count). The Labute approximate surface area is 206 Å². The minimum absolute atomic E-state index is 0.181. The number of aryl methyl sites for hydroxylation is 2. The number of rotatable bonds is 17. The summed E-state index contributed by atoms with van der Waals surface area (Å²) in [7, 11) is 0. The summed E-state index contributed by atoms with van der Waals surface area (Å²) in [5.41, 5.74) is 4.89. The van der Waals surface area contributed by atoms with E-state index < -0.39 is 41.9 Å². The third kappa shape index (κ3) is 14.5. The third-order valence-electron chi connectivity index (χ3n) is 5.67. The molecule has 0 aliphatic heterocycles. The lowest BCUT2D eigenvalue weighted by Crippen LogP contribution is -2.47. The number of hydrogen-bond acceptors (Lipinski definition) is 7. The van der Waals surface area contributed by atoms with Crippen LogP contribution in [0.2, 0.25) is 0 Å². The van der Waals surface area contributed by atoms with E-state index in [1.807, 2.05) is 0 Å². The largest absolute Gasteiger partial charge is 0.481 e. The van der Waals surface area contributed by atoms with E-state index in [9.17, 15) is 24.6 Å². The third-order valence-corrected chi connectivity index (χ3v) is 5.67. The minimum Gasteiger partial charge on any atom is -0.481 e. The molecule has 0 unspecified atom stereocenters. The number of nitrogens with two attached hydrogens (primary N) is 1. The van der Waals surface area contributed by atoms with Crippen LogP contribution in [0.25, 0.3) is 0 Å². The van der Waals surface area contributed by atoms with Gasteiger partial charge in [-0.2, -0.15) is 0 Å². The van der Waals surface area contributed by atoms with E-state index >= 15 is 0 Å². The number of aliphatic hydroxyl groups is 3. The number of aliphatic hydroxyl groups excluding tert-OH is 2. The Kier molecular flexibility index (Phi) is 15.8. The Morgan fingerprint density at radius 3 is 1.60 bits per heavy atom. The maximum atomic E-state index is 10.3. The van der Waals surface area contributed by atoms with Gasteiger partial charge in [-0.3, -0.25) is 9.59 Å². The summed E-state index contributed by atoms with van der Waals surface area (Å²) in [6.07, 6.45) is 8.22. The van der Waals surface area contributed by atoms with Crippen molar-refractivity contribution in [3.63, 3.8) is 0 Å². The average molecular weight is 500 g/mol. The summed E-state index contributed by atoms with van der Waals surface area (Å²) in [6, 6.07) is 8.66. The second kappa shape index (κ2) is 17.0. The minimum atomic E-state index is -2.74. The Morgan fingerprint density at radius 1 is 0.771 bits per heavy atom. The van der Waals surface area contributed by atoms with Crippen LogP contribution in [0.4, 0.5) is 0 Å². The smallest absolute Gasteiger partial charge is 0.336 e. The Hall–Kier alpha value is -2.53. The van der Waals surface area contributed by atoms with Crippen LogP contribution in [0.15, 0.2) is 24.3 Å². The standard InChI is InChI=1S/C19H33NO2.C6H8O7/c1-2-3-4-5-6-7-8-17-9-11-18(12-10-17)13-14-19(20,15-21)16-22;7-3(8)1-6(13,5(11)12)2-4(9)10/h9-12,21-22H,2-8,13-16,20H2,1H3;13H,1-2H2,(H,7,8)(H,9,10)(H,11,12). The van der Waals surface area contributed by atoms with Gasteiger partial charge in [0.05, 0.1) is 31.6 Å². The van der Waals surface area contributed by atoms with Crippen LogP contribution in [0.5, 0.6) is 0 Å². The molecule has 0 radical (unpaired) electrons. The lowest BCUT2D eigenvalue weighted by atomic mass is 9.93. The SMILES string of the molecule is CCCCCCCCc1ccc(CCC(N)(CO)CO)cc1.O=C(O)CC(O)(CC(=O)O)C(=O)O. The number of carboxylic acid groups (broad SMARTS) is 3. The van der Waals surface area contributed by atoms with Crippen molar-refractivity contribution in [1.82, 2.24) is 0 Å². The van der Waals surface area contributed by atoms with E-state index in [0.29, 0.717) is 6.42 Å². The molecule has 1 aromatic carbocycles. The van der Waals surface area contributed by atoms with Gasteiger partial charge in [0.2, 0.25) is 0 Å². The molecule has 0 aromatic heterocycles. The molecule has 1 aromatic rings. The highest BCUT2D eigenvalue weighted by molar-refractivity contribution is 5.88. The molecule has 0 fully saturated rings. The molecule has 10 nitrogen and oxygen atoms in total. The monoisotopic (exact) mass is 499 g/mol. The van der Waals surface area contributed by atoms with Crippen molar-refractivity contribution >= 4 is 17.9 Å². The van der Waals surface area contributed by atoms with Crippen LogP contribution in [0, 0.1) is 0 Å². The summed E-state index contributed by atoms with van der Waals surface area (Å²) in [5, 5.41) is 52.2. The predicted octanol–water partition coefficient (Wildman–Crippen LogP) is 1.96. The second-order valence-electron chi connectivity index (χ2n) is 8.99. The fourth-order valence-corrected chi connectivity index (χ4v) is 3.30. The van der Waals surface area contributed by atoms with Crippen molar-refractivity contribution in [2.24, 2.45) is 5.73 Å². The van der Waals surface area contributed by atoms with Gasteiger partial charge in [-0.05, 0) is 36.8 Å². The van der Waals surface area contributed by atoms with Gasteiger partial charge >= 0.3 is 17.9 Å². The first-order valence-corrected chi connectivity index (χ1v) is 11.9. The molecule has 0 aliphatic carbocycles. The molecule has 0 saturated carbocycles. The highest BCUT2D eigenvalue weighted by atomic mass is 16.4. The molecule has 35 heavy (non-hydrogen) atoms. The number of aliphatic carboxylic acids is 3. The lowest BCUT2D eigenvalue weighted by molar-refractivity contribution is -0.170. The molecule has 0 atom stereocenters. The van der Waals surface area contributed by atoms with Crippen molar-refractivity contribution in [3.8, 4) is 0 Å². The summed E-state index contributed by atoms with van der Waals surface area (Å²) in [4.78, 5) is 30.5. The van der Waals surface area contributed by atoms with Gasteiger partial charge in [0, 0.05) is 0 Å². The second-order valence-corrected chi connectivity index (χ2v) is 8.99. The molecule has 8 N–H and O–H groups in total. The van der Waals surface area contributed by atoms with E-state index in [4.69, 9.17) is 26.2 Å². The Balaban J connectivity index is 0.000000761. The zero-order chi connectivity index (χ0) is 26.9. The van der Waals surface area contributed by atoms with Crippen molar-refractivity contribution in [3.05, 3.63) is 35.4 Å². The fourth-order valence-electron chi connectivity index (χ4n) is 3.30. The van der Waals surface area contributed by atoms with Crippen LogP contribution < -0.4 is 5.73 Å². The van der Waals surface area contributed by atoms with Crippen LogP contribution in [0.3, 0.4) is 0 Å². The van der Waals surface area contributed by atoms with Crippen LogP contribution in [-0.4, -0.2) is 72.9 Å². The summed E-state index contributed by atoms with van der Waals surface area (Å²) in [6.45, 7) is 1.89. The Morgan fingerprint density at radius 2 is 1.20 bits per heavy atom. The van der Waals surface area contributed by atoms with Gasteiger partial charge in [-0.15, -0.1) is 0 Å². The maximum Gasteiger partial charge on any atom is 0.336 e. The van der Waals surface area contributed by atoms with Crippen molar-refractivity contribution < 1.29 is 45.0 Å². The van der Waals surface area contributed by atoms with E-state index in [0.717, 1.165) is 12.8 Å². The molecule has 0 bridgehead atoms. The summed E-state index contributed by atoms with van der Waals surface area (Å²) >= 11 is 0. The molecule has 10 heteroatoms. The topological polar surface area (TPSA) is 199 Å². The van der Waals surface area contributed by atoms with E-state index in [1.54, 1.807) is 0 Å². The maximum absolute atomic E-state index is 10.3. The van der Waals surface area contributed by atoms with Crippen LogP contribution in [-0.2, 0) is 27.2 Å². The van der Waals surface area contributed by atoms with Gasteiger partial charge in [0.1, 0.15) is 0 Å².